The molecule has 0 atom stereocenters. The van der Waals surface area contributed by atoms with Gasteiger partial charge < -0.3 is 4.74 Å². The van der Waals surface area contributed by atoms with Crippen molar-refractivity contribution in [2.75, 3.05) is 0 Å². The summed E-state index contributed by atoms with van der Waals surface area (Å²) in [4.78, 5) is 9.50. The highest BCUT2D eigenvalue weighted by Crippen LogP contribution is 2.37. The Balaban J connectivity index is 1.27. The van der Waals surface area contributed by atoms with Gasteiger partial charge in [0, 0.05) is 34.7 Å². The number of aromatic nitrogens is 5. The summed E-state index contributed by atoms with van der Waals surface area (Å²) in [6.07, 6.45) is 5.40. The molecule has 0 aliphatic rings. The highest BCUT2D eigenvalue weighted by atomic mass is 16.5. The molecule has 0 aliphatic carbocycles. The molecule has 4 aromatic carbocycles. The van der Waals surface area contributed by atoms with Gasteiger partial charge in [0.25, 0.3) is 6.33 Å². The van der Waals surface area contributed by atoms with Gasteiger partial charge in [0.1, 0.15) is 17.3 Å². The van der Waals surface area contributed by atoms with Crippen LogP contribution >= 0.6 is 0 Å². The summed E-state index contributed by atoms with van der Waals surface area (Å²) in [6.45, 7) is 24.4. The molecule has 8 aromatic rings. The fourth-order valence-electron chi connectivity index (χ4n) is 7.70. The Bertz CT molecular complexity index is 3000. The van der Waals surface area contributed by atoms with Gasteiger partial charge in [-0.15, -0.1) is 0 Å². The van der Waals surface area contributed by atoms with Gasteiger partial charge in [-0.3, -0.25) is 18.7 Å². The molecule has 0 saturated heterocycles. The maximum absolute atomic E-state index is 9.32. The van der Waals surface area contributed by atoms with Crippen LogP contribution in [0.1, 0.15) is 111 Å². The average molecular weight is 786 g/mol. The Morgan fingerprint density at radius 1 is 0.627 bits per heavy atom. The fraction of sp³-hybridized carbons (Fsp3) is 0.340. The Kier molecular flexibility index (Phi) is 8.66. The average Bonchev–Trinajstić information content (AvgIpc) is 3.75. The summed E-state index contributed by atoms with van der Waals surface area (Å²) in [7, 11) is 0. The molecule has 0 bridgehead atoms. The summed E-state index contributed by atoms with van der Waals surface area (Å²) in [5, 5.41) is 2.23. The molecule has 8 rings (SSSR count). The van der Waals surface area contributed by atoms with Crippen LogP contribution in [-0.4, -0.2) is 19.1 Å². The van der Waals surface area contributed by atoms with Crippen molar-refractivity contribution in [2.24, 2.45) is 10.8 Å². The first-order chi connectivity index (χ1) is 29.3. The minimum atomic E-state index is -1.78. The van der Waals surface area contributed by atoms with E-state index in [-0.39, 0.29) is 10.8 Å². The molecule has 0 aliphatic heterocycles. The number of rotatable bonds is 7. The van der Waals surface area contributed by atoms with Crippen molar-refractivity contribution in [3.63, 3.8) is 0 Å². The maximum atomic E-state index is 9.32. The van der Waals surface area contributed by atoms with E-state index in [0.717, 1.165) is 44.2 Å². The number of ether oxygens (including phenoxy) is 1. The molecular weight excluding hydrogens is 723 g/mol. The van der Waals surface area contributed by atoms with Crippen molar-refractivity contribution >= 4 is 32.8 Å². The molecule has 0 radical (unpaired) electrons. The van der Waals surface area contributed by atoms with E-state index in [0.29, 0.717) is 34.0 Å². The van der Waals surface area contributed by atoms with Gasteiger partial charge in [-0.1, -0.05) is 131 Å². The molecule has 0 spiro atoms. The second-order valence-corrected chi connectivity index (χ2v) is 19.9. The smallest absolute Gasteiger partial charge is 0.269 e. The number of benzene rings is 4. The lowest BCUT2D eigenvalue weighted by molar-refractivity contribution is -0.572. The van der Waals surface area contributed by atoms with E-state index in [4.69, 9.17) is 9.72 Å². The largest absolute Gasteiger partial charge is 0.456 e. The molecule has 0 unspecified atom stereocenters. The standard InChI is InChI=1S/C53H59N5O/c1-50(2,3)30-35-23-36(31-51(4,5)6)25-39(24-35)56-34-57(46-20-17-37(26-48(46)56)52(7,8)9)40-28-42(33-54-32-40)59-41-18-19-44-43-15-13-14-16-45(43)58(47(44)29-41)49-27-38(21-22-55-49)53(10,11)12/h13-29,32-33H,30-31H2,1-12H3/i30D2,31D2. The van der Waals surface area contributed by atoms with Gasteiger partial charge in [0.05, 0.1) is 39.6 Å². The van der Waals surface area contributed by atoms with Crippen molar-refractivity contribution in [2.45, 2.75) is 107 Å². The lowest BCUT2D eigenvalue weighted by Crippen LogP contribution is -2.30. The zero-order chi connectivity index (χ0) is 45.7. The molecule has 0 N–H and O–H groups in total. The van der Waals surface area contributed by atoms with E-state index in [1.54, 1.807) is 18.5 Å². The molecule has 4 heterocycles. The number of hydrogen-bond acceptors (Lipinski definition) is 3. The molecule has 6 nitrogen and oxygen atoms in total. The second-order valence-electron chi connectivity index (χ2n) is 19.9. The van der Waals surface area contributed by atoms with Gasteiger partial charge >= 0.3 is 0 Å². The van der Waals surface area contributed by atoms with Gasteiger partial charge in [-0.05, 0) is 100 Å². The first-order valence-corrected chi connectivity index (χ1v) is 20.6. The van der Waals surface area contributed by atoms with Crippen molar-refractivity contribution in [1.29, 1.82) is 0 Å². The number of nitrogens with zero attached hydrogens (tertiary/aromatic N) is 5. The number of hydrogen-bond donors (Lipinski definition) is 0. The number of fused-ring (bicyclic) bond motifs is 4. The van der Waals surface area contributed by atoms with Crippen LogP contribution in [0.15, 0.2) is 116 Å². The van der Waals surface area contributed by atoms with Crippen LogP contribution in [0.5, 0.6) is 11.5 Å². The lowest BCUT2D eigenvalue weighted by atomic mass is 9.84. The van der Waals surface area contributed by atoms with Crippen LogP contribution in [0.2, 0.25) is 0 Å². The number of para-hydroxylation sites is 1. The Morgan fingerprint density at radius 2 is 1.29 bits per heavy atom. The van der Waals surface area contributed by atoms with E-state index >= 15 is 0 Å². The zero-order valence-electron chi connectivity index (χ0n) is 40.6. The molecular formula is C53H59N5O. The molecule has 59 heavy (non-hydrogen) atoms. The van der Waals surface area contributed by atoms with Gasteiger partial charge in [-0.2, -0.15) is 0 Å². The minimum absolute atomic E-state index is 0.0452. The third-order valence-corrected chi connectivity index (χ3v) is 10.4. The van der Waals surface area contributed by atoms with Crippen LogP contribution in [0.3, 0.4) is 0 Å². The van der Waals surface area contributed by atoms with Crippen LogP contribution < -0.4 is 9.30 Å². The van der Waals surface area contributed by atoms with Crippen molar-refractivity contribution in [3.05, 3.63) is 144 Å². The summed E-state index contributed by atoms with van der Waals surface area (Å²) in [5.74, 6) is 2.03. The van der Waals surface area contributed by atoms with E-state index in [9.17, 15) is 5.48 Å². The number of imidazole rings is 1. The Labute approximate surface area is 356 Å². The van der Waals surface area contributed by atoms with Crippen LogP contribution in [-0.2, 0) is 23.6 Å². The van der Waals surface area contributed by atoms with E-state index in [1.807, 2.05) is 81.1 Å². The first-order valence-electron chi connectivity index (χ1n) is 22.6. The predicted molar refractivity (Wildman–Crippen MR) is 244 cm³/mol. The predicted octanol–water partition coefficient (Wildman–Crippen LogP) is 13.2. The molecule has 6 heteroatoms. The summed E-state index contributed by atoms with van der Waals surface area (Å²) in [5.41, 5.74) is 6.46. The Hall–Kier alpha value is -5.75. The third-order valence-electron chi connectivity index (χ3n) is 10.4. The molecule has 4 aromatic heterocycles. The van der Waals surface area contributed by atoms with Crippen molar-refractivity contribution < 1.29 is 14.8 Å². The molecule has 0 amide bonds. The van der Waals surface area contributed by atoms with Crippen LogP contribution in [0, 0.1) is 17.2 Å². The third kappa shape index (κ3) is 8.41. The Morgan fingerprint density at radius 3 is 1.97 bits per heavy atom. The summed E-state index contributed by atoms with van der Waals surface area (Å²) < 4.78 is 50.0. The highest BCUT2D eigenvalue weighted by Gasteiger charge is 2.22. The van der Waals surface area contributed by atoms with E-state index in [2.05, 4.69) is 124 Å². The van der Waals surface area contributed by atoms with E-state index < -0.39 is 23.6 Å². The van der Waals surface area contributed by atoms with E-state index in [1.165, 1.54) is 5.56 Å². The molecule has 0 fully saturated rings. The van der Waals surface area contributed by atoms with Crippen LogP contribution in [0.4, 0.5) is 0 Å². The highest BCUT2D eigenvalue weighted by molar-refractivity contribution is 6.09. The molecule has 0 saturated carbocycles. The topological polar surface area (TPSA) is 48.8 Å². The van der Waals surface area contributed by atoms with Gasteiger partial charge in [-0.25, -0.2) is 4.98 Å². The SMILES string of the molecule is [2H]C([2H])(c1cc(-[n+]2[c-]n(-c3cncc(Oc4ccc5c6ccccc6n(-c6cc(C(C)(C)C)ccn6)c5c4)c3)c3ccc(C(C)(C)C)cc32)cc(C([2H])([2H])C(C)(C)C)c1)C(C)(C)C. The first kappa shape index (κ1) is 35.2. The van der Waals surface area contributed by atoms with Crippen molar-refractivity contribution in [3.8, 4) is 28.7 Å². The summed E-state index contributed by atoms with van der Waals surface area (Å²) in [6, 6.07) is 32.5. The minimum Gasteiger partial charge on any atom is -0.456 e. The number of pyridine rings is 2. The lowest BCUT2D eigenvalue weighted by Gasteiger charge is -2.23. The fourth-order valence-corrected chi connectivity index (χ4v) is 7.70. The van der Waals surface area contributed by atoms with Crippen LogP contribution in [0.25, 0.3) is 50.0 Å². The van der Waals surface area contributed by atoms with Crippen molar-refractivity contribution in [1.82, 2.24) is 19.1 Å². The maximum Gasteiger partial charge on any atom is 0.269 e. The monoisotopic (exact) mass is 785 g/mol. The second kappa shape index (κ2) is 14.5. The summed E-state index contributed by atoms with van der Waals surface area (Å²) >= 11 is 0. The normalized spacial score (nSPS) is 14.4. The quantitative estimate of drug-likeness (QED) is 0.119. The van der Waals surface area contributed by atoms with Gasteiger partial charge in [0.15, 0.2) is 0 Å². The molecule has 302 valence electrons. The van der Waals surface area contributed by atoms with Gasteiger partial charge in [0.2, 0.25) is 0 Å². The zero-order valence-corrected chi connectivity index (χ0v) is 36.6.